The number of aryl methyl sites for hydroxylation is 1. The molecule has 4 rings (SSSR count). The topological polar surface area (TPSA) is 67.9 Å². The third kappa shape index (κ3) is 6.73. The van der Waals surface area contributed by atoms with E-state index in [0.717, 1.165) is 15.6 Å². The van der Waals surface area contributed by atoms with E-state index in [9.17, 15) is 9.59 Å². The summed E-state index contributed by atoms with van der Waals surface area (Å²) < 4.78 is 12.6. The van der Waals surface area contributed by atoms with Crippen LogP contribution < -0.4 is 19.7 Å². The number of ether oxygens (including phenoxy) is 2. The number of hydrogen-bond donors (Lipinski definition) is 1. The lowest BCUT2D eigenvalue weighted by molar-refractivity contribution is -0.118. The SMILES string of the molecule is CCOc1cc(/C=C2/SC(=S)N(c3ccc(Br)c(Cl)c3)C2=O)ccc1OCC(=O)Nc1cccc(C)c1. The van der Waals surface area contributed by atoms with Gasteiger partial charge in [-0.25, -0.2) is 0 Å². The summed E-state index contributed by atoms with van der Waals surface area (Å²) in [5, 5.41) is 3.30. The van der Waals surface area contributed by atoms with Crippen molar-refractivity contribution >= 4 is 85.1 Å². The van der Waals surface area contributed by atoms with E-state index in [1.165, 1.54) is 16.7 Å². The number of benzene rings is 3. The summed E-state index contributed by atoms with van der Waals surface area (Å²) in [6.07, 6.45) is 1.75. The van der Waals surface area contributed by atoms with Crippen LogP contribution in [0.1, 0.15) is 18.1 Å². The first-order valence-electron chi connectivity index (χ1n) is 11.2. The summed E-state index contributed by atoms with van der Waals surface area (Å²) in [5.74, 6) is 0.374. The Kier molecular flexibility index (Phi) is 8.91. The molecular formula is C27H22BrClN2O4S2. The monoisotopic (exact) mass is 616 g/mol. The minimum absolute atomic E-state index is 0.179. The van der Waals surface area contributed by atoms with E-state index in [2.05, 4.69) is 21.2 Å². The lowest BCUT2D eigenvalue weighted by Crippen LogP contribution is -2.27. The van der Waals surface area contributed by atoms with E-state index in [0.29, 0.717) is 43.7 Å². The van der Waals surface area contributed by atoms with Crippen LogP contribution in [0, 0.1) is 6.92 Å². The largest absolute Gasteiger partial charge is 0.490 e. The fourth-order valence-corrected chi connectivity index (χ4v) is 5.25. The first-order valence-corrected chi connectivity index (χ1v) is 13.6. The van der Waals surface area contributed by atoms with Gasteiger partial charge in [0, 0.05) is 10.2 Å². The van der Waals surface area contributed by atoms with Gasteiger partial charge in [0.1, 0.15) is 0 Å². The number of nitrogens with one attached hydrogen (secondary N) is 1. The number of anilines is 2. The molecule has 3 aromatic rings. The molecule has 0 radical (unpaired) electrons. The maximum absolute atomic E-state index is 13.1. The summed E-state index contributed by atoms with van der Waals surface area (Å²) >= 11 is 16.2. The van der Waals surface area contributed by atoms with Crippen molar-refractivity contribution in [1.29, 1.82) is 0 Å². The summed E-state index contributed by atoms with van der Waals surface area (Å²) in [4.78, 5) is 27.4. The van der Waals surface area contributed by atoms with Gasteiger partial charge in [0.25, 0.3) is 11.8 Å². The molecule has 37 heavy (non-hydrogen) atoms. The molecule has 1 aliphatic rings. The number of amides is 2. The van der Waals surface area contributed by atoms with Crippen molar-refractivity contribution < 1.29 is 19.1 Å². The van der Waals surface area contributed by atoms with Crippen LogP contribution in [-0.4, -0.2) is 29.3 Å². The lowest BCUT2D eigenvalue weighted by atomic mass is 10.1. The second-order valence-electron chi connectivity index (χ2n) is 7.96. The molecule has 0 aliphatic carbocycles. The Morgan fingerprint density at radius 3 is 2.68 bits per heavy atom. The predicted molar refractivity (Wildman–Crippen MR) is 158 cm³/mol. The van der Waals surface area contributed by atoms with E-state index in [-0.39, 0.29) is 18.4 Å². The molecule has 1 heterocycles. The summed E-state index contributed by atoms with van der Waals surface area (Å²) in [6, 6.07) is 18.0. The number of thiocarbonyl (C=S) groups is 1. The quantitative estimate of drug-likeness (QED) is 0.212. The van der Waals surface area contributed by atoms with Crippen molar-refractivity contribution in [3.63, 3.8) is 0 Å². The Morgan fingerprint density at radius 2 is 1.95 bits per heavy atom. The Morgan fingerprint density at radius 1 is 1.14 bits per heavy atom. The maximum Gasteiger partial charge on any atom is 0.270 e. The van der Waals surface area contributed by atoms with Crippen molar-refractivity contribution in [3.8, 4) is 11.5 Å². The minimum atomic E-state index is -0.283. The van der Waals surface area contributed by atoms with Crippen LogP contribution >= 0.6 is 51.5 Å². The smallest absolute Gasteiger partial charge is 0.270 e. The molecule has 0 bridgehead atoms. The molecule has 0 saturated carbocycles. The normalized spacial score (nSPS) is 14.3. The van der Waals surface area contributed by atoms with Gasteiger partial charge in [0.15, 0.2) is 22.4 Å². The molecule has 0 atom stereocenters. The van der Waals surface area contributed by atoms with Crippen LogP contribution in [0.4, 0.5) is 11.4 Å². The molecule has 0 unspecified atom stereocenters. The van der Waals surface area contributed by atoms with E-state index in [4.69, 9.17) is 33.3 Å². The van der Waals surface area contributed by atoms with Crippen molar-refractivity contribution in [2.24, 2.45) is 0 Å². The number of nitrogens with zero attached hydrogens (tertiary/aromatic N) is 1. The van der Waals surface area contributed by atoms with Gasteiger partial charge in [0.2, 0.25) is 0 Å². The van der Waals surface area contributed by atoms with Crippen molar-refractivity contribution in [2.45, 2.75) is 13.8 Å². The van der Waals surface area contributed by atoms with Gasteiger partial charge in [-0.05, 0) is 89.4 Å². The number of carbonyl (C=O) groups excluding carboxylic acids is 2. The average molecular weight is 618 g/mol. The number of rotatable bonds is 8. The second-order valence-corrected chi connectivity index (χ2v) is 10.9. The fraction of sp³-hybridized carbons (Fsp3) is 0.148. The number of hydrogen-bond acceptors (Lipinski definition) is 6. The number of thioether (sulfide) groups is 1. The molecule has 1 N–H and O–H groups in total. The molecule has 190 valence electrons. The highest BCUT2D eigenvalue weighted by Crippen LogP contribution is 2.39. The molecule has 1 aliphatic heterocycles. The number of carbonyl (C=O) groups is 2. The fourth-order valence-electron chi connectivity index (χ4n) is 3.53. The van der Waals surface area contributed by atoms with Gasteiger partial charge in [-0.15, -0.1) is 0 Å². The minimum Gasteiger partial charge on any atom is -0.490 e. The first-order chi connectivity index (χ1) is 17.7. The zero-order valence-electron chi connectivity index (χ0n) is 19.9. The summed E-state index contributed by atoms with van der Waals surface area (Å²) in [5.41, 5.74) is 3.08. The van der Waals surface area contributed by atoms with Crippen LogP contribution in [0.5, 0.6) is 11.5 Å². The molecule has 10 heteroatoms. The molecule has 1 fully saturated rings. The van der Waals surface area contributed by atoms with E-state index < -0.39 is 0 Å². The van der Waals surface area contributed by atoms with Gasteiger partial charge < -0.3 is 14.8 Å². The zero-order valence-corrected chi connectivity index (χ0v) is 23.9. The number of halogens is 2. The van der Waals surface area contributed by atoms with Crippen LogP contribution in [0.3, 0.4) is 0 Å². The molecule has 2 amide bonds. The van der Waals surface area contributed by atoms with Gasteiger partial charge in [-0.3, -0.25) is 14.5 Å². The molecular weight excluding hydrogens is 596 g/mol. The Labute approximate surface area is 238 Å². The average Bonchev–Trinajstić information content (AvgIpc) is 3.13. The highest BCUT2D eigenvalue weighted by atomic mass is 79.9. The van der Waals surface area contributed by atoms with Crippen molar-refractivity contribution in [1.82, 2.24) is 0 Å². The third-order valence-corrected chi connectivity index (χ3v) is 7.72. The summed E-state index contributed by atoms with van der Waals surface area (Å²) in [7, 11) is 0. The van der Waals surface area contributed by atoms with Gasteiger partial charge >= 0.3 is 0 Å². The molecule has 0 spiro atoms. The van der Waals surface area contributed by atoms with E-state index in [1.54, 1.807) is 42.5 Å². The molecule has 6 nitrogen and oxygen atoms in total. The summed E-state index contributed by atoms with van der Waals surface area (Å²) in [6.45, 7) is 4.04. The van der Waals surface area contributed by atoms with Crippen LogP contribution in [0.2, 0.25) is 5.02 Å². The maximum atomic E-state index is 13.1. The van der Waals surface area contributed by atoms with Crippen LogP contribution in [0.25, 0.3) is 6.08 Å². The van der Waals surface area contributed by atoms with E-state index in [1.807, 2.05) is 38.1 Å². The third-order valence-electron chi connectivity index (χ3n) is 5.18. The highest BCUT2D eigenvalue weighted by molar-refractivity contribution is 9.10. The first kappa shape index (κ1) is 27.2. The second kappa shape index (κ2) is 12.1. The molecule has 0 aromatic heterocycles. The molecule has 1 saturated heterocycles. The Balaban J connectivity index is 1.48. The van der Waals surface area contributed by atoms with E-state index >= 15 is 0 Å². The standard InChI is InChI=1S/C27H22BrClN2O4S2/c1-3-34-23-12-17(7-10-22(23)35-15-25(32)30-18-6-4-5-16(2)11-18)13-24-26(33)31(27(36)37-24)19-8-9-20(28)21(29)14-19/h4-14H,3,15H2,1-2H3,(H,30,32)/b24-13+. The van der Waals surface area contributed by atoms with Crippen molar-refractivity contribution in [3.05, 3.63) is 86.2 Å². The molecule has 3 aromatic carbocycles. The van der Waals surface area contributed by atoms with Gasteiger partial charge in [-0.2, -0.15) is 0 Å². The Hall–Kier alpha value is -2.85. The Bertz CT molecular complexity index is 1410. The van der Waals surface area contributed by atoms with Gasteiger partial charge in [0.05, 0.1) is 22.2 Å². The highest BCUT2D eigenvalue weighted by Gasteiger charge is 2.33. The van der Waals surface area contributed by atoms with Crippen LogP contribution in [0.15, 0.2) is 70.0 Å². The zero-order chi connectivity index (χ0) is 26.5. The van der Waals surface area contributed by atoms with Crippen molar-refractivity contribution in [2.75, 3.05) is 23.4 Å². The predicted octanol–water partition coefficient (Wildman–Crippen LogP) is 7.23. The lowest BCUT2D eigenvalue weighted by Gasteiger charge is -2.15. The van der Waals surface area contributed by atoms with Crippen LogP contribution in [-0.2, 0) is 9.59 Å². The van der Waals surface area contributed by atoms with Gasteiger partial charge in [-0.1, -0.05) is 53.8 Å².